The molecule has 0 heterocycles. The van der Waals surface area contributed by atoms with E-state index < -0.39 is 24.0 Å². The first-order valence-corrected chi connectivity index (χ1v) is 6.12. The van der Waals surface area contributed by atoms with E-state index >= 15 is 0 Å². The lowest BCUT2D eigenvalue weighted by molar-refractivity contribution is -0.145. The number of benzene rings is 1. The minimum absolute atomic E-state index is 0.405. The summed E-state index contributed by atoms with van der Waals surface area (Å²) in [5.41, 5.74) is 0. The van der Waals surface area contributed by atoms with E-state index in [4.69, 9.17) is 16.3 Å². The quantitative estimate of drug-likeness (QED) is 0.838. The van der Waals surface area contributed by atoms with Gasteiger partial charge in [0.2, 0.25) is 0 Å². The summed E-state index contributed by atoms with van der Waals surface area (Å²) < 4.78 is 9.94. The van der Waals surface area contributed by atoms with E-state index in [0.29, 0.717) is 10.8 Å². The van der Waals surface area contributed by atoms with Crippen molar-refractivity contribution in [3.8, 4) is 5.75 Å². The van der Waals surface area contributed by atoms with Gasteiger partial charge in [-0.25, -0.2) is 4.79 Å². The minimum Gasteiger partial charge on any atom is -0.481 e. The van der Waals surface area contributed by atoms with Gasteiger partial charge in [0.1, 0.15) is 11.8 Å². The lowest BCUT2D eigenvalue weighted by Crippen LogP contribution is -2.45. The first-order chi connectivity index (χ1) is 8.93. The van der Waals surface area contributed by atoms with Crippen molar-refractivity contribution in [1.82, 2.24) is 5.32 Å². The van der Waals surface area contributed by atoms with Gasteiger partial charge in [-0.05, 0) is 32.0 Å². The van der Waals surface area contributed by atoms with Gasteiger partial charge in [-0.1, -0.05) is 17.7 Å². The molecule has 5 nitrogen and oxygen atoms in total. The molecule has 0 fully saturated rings. The molecule has 0 saturated carbocycles. The van der Waals surface area contributed by atoms with Crippen molar-refractivity contribution in [3.63, 3.8) is 0 Å². The predicted molar refractivity (Wildman–Crippen MR) is 71.2 cm³/mol. The van der Waals surface area contributed by atoms with Crippen molar-refractivity contribution in [2.75, 3.05) is 7.11 Å². The number of halogens is 1. The molecule has 0 aromatic heterocycles. The number of hydrogen-bond acceptors (Lipinski definition) is 4. The summed E-state index contributed by atoms with van der Waals surface area (Å²) in [5, 5.41) is 3.02. The fraction of sp³-hybridized carbons (Fsp3) is 0.385. The maximum absolute atomic E-state index is 11.8. The fourth-order valence-electron chi connectivity index (χ4n) is 1.36. The van der Waals surface area contributed by atoms with Crippen molar-refractivity contribution in [1.29, 1.82) is 0 Å². The van der Waals surface area contributed by atoms with E-state index in [-0.39, 0.29) is 0 Å². The third-order valence-corrected chi connectivity index (χ3v) is 2.63. The lowest BCUT2D eigenvalue weighted by atomic mass is 10.3. The van der Waals surface area contributed by atoms with Gasteiger partial charge in [-0.2, -0.15) is 0 Å². The molecular weight excluding hydrogens is 270 g/mol. The first-order valence-electron chi connectivity index (χ1n) is 5.74. The molecule has 1 rings (SSSR count). The Balaban J connectivity index is 2.56. The van der Waals surface area contributed by atoms with Gasteiger partial charge in [0.25, 0.3) is 5.91 Å². The van der Waals surface area contributed by atoms with Crippen LogP contribution in [0.5, 0.6) is 5.75 Å². The number of methoxy groups -OCH3 is 1. The van der Waals surface area contributed by atoms with E-state index in [0.717, 1.165) is 0 Å². The topological polar surface area (TPSA) is 64.6 Å². The molecule has 0 saturated heterocycles. The number of carbonyl (C=O) groups is 2. The van der Waals surface area contributed by atoms with Gasteiger partial charge in [0.05, 0.1) is 7.11 Å². The van der Waals surface area contributed by atoms with E-state index in [1.165, 1.54) is 14.0 Å². The summed E-state index contributed by atoms with van der Waals surface area (Å²) in [6, 6.07) is 6.01. The molecule has 0 aliphatic heterocycles. The molecular formula is C13H16ClNO4. The largest absolute Gasteiger partial charge is 0.481 e. The molecule has 0 bridgehead atoms. The van der Waals surface area contributed by atoms with Gasteiger partial charge in [-0.3, -0.25) is 4.79 Å². The summed E-state index contributed by atoms with van der Waals surface area (Å²) in [4.78, 5) is 23.0. The van der Waals surface area contributed by atoms with E-state index in [9.17, 15) is 9.59 Å². The molecule has 2 atom stereocenters. The normalized spacial score (nSPS) is 13.3. The van der Waals surface area contributed by atoms with E-state index in [2.05, 4.69) is 10.1 Å². The molecule has 0 aliphatic rings. The van der Waals surface area contributed by atoms with Gasteiger partial charge < -0.3 is 14.8 Å². The summed E-state index contributed by atoms with van der Waals surface area (Å²) in [5.74, 6) is -0.429. The maximum atomic E-state index is 11.8. The Labute approximate surface area is 116 Å². The Morgan fingerprint density at radius 1 is 1.32 bits per heavy atom. The second-order valence-electron chi connectivity index (χ2n) is 3.97. The Bertz CT molecular complexity index is 464. The molecule has 1 N–H and O–H groups in total. The highest BCUT2D eigenvalue weighted by Gasteiger charge is 2.21. The molecule has 6 heteroatoms. The van der Waals surface area contributed by atoms with Gasteiger partial charge >= 0.3 is 5.97 Å². The zero-order valence-corrected chi connectivity index (χ0v) is 11.7. The summed E-state index contributed by atoms with van der Waals surface area (Å²) >= 11 is 5.81. The van der Waals surface area contributed by atoms with Gasteiger partial charge in [-0.15, -0.1) is 0 Å². The van der Waals surface area contributed by atoms with Crippen molar-refractivity contribution in [2.45, 2.75) is 26.0 Å². The zero-order chi connectivity index (χ0) is 14.4. The van der Waals surface area contributed by atoms with Crippen LogP contribution < -0.4 is 10.1 Å². The average Bonchev–Trinajstić information content (AvgIpc) is 2.37. The highest BCUT2D eigenvalue weighted by molar-refractivity contribution is 6.30. The second-order valence-corrected chi connectivity index (χ2v) is 4.41. The number of hydrogen-bond donors (Lipinski definition) is 1. The molecule has 0 radical (unpaired) electrons. The number of nitrogens with one attached hydrogen (secondary N) is 1. The Hall–Kier alpha value is -1.75. The SMILES string of the molecule is COC(=O)C(C)NC(=O)C(C)Oc1cccc(Cl)c1. The monoisotopic (exact) mass is 285 g/mol. The summed E-state index contributed by atoms with van der Waals surface area (Å²) in [6.45, 7) is 3.12. The number of rotatable bonds is 5. The molecule has 104 valence electrons. The van der Waals surface area contributed by atoms with Crippen molar-refractivity contribution >= 4 is 23.5 Å². The van der Waals surface area contributed by atoms with Crippen LogP contribution in [0.25, 0.3) is 0 Å². The lowest BCUT2D eigenvalue weighted by Gasteiger charge is -2.17. The van der Waals surface area contributed by atoms with Crippen LogP contribution in [0.15, 0.2) is 24.3 Å². The average molecular weight is 286 g/mol. The van der Waals surface area contributed by atoms with Crippen LogP contribution in [0.2, 0.25) is 5.02 Å². The van der Waals surface area contributed by atoms with Crippen molar-refractivity contribution in [2.24, 2.45) is 0 Å². The standard InChI is InChI=1S/C13H16ClNO4/c1-8(13(17)18-3)15-12(16)9(2)19-11-6-4-5-10(14)7-11/h4-9H,1-3H3,(H,15,16). The zero-order valence-electron chi connectivity index (χ0n) is 11.0. The molecule has 19 heavy (non-hydrogen) atoms. The second kappa shape index (κ2) is 6.99. The molecule has 1 aromatic carbocycles. The molecule has 2 unspecified atom stereocenters. The smallest absolute Gasteiger partial charge is 0.328 e. The minimum atomic E-state index is -0.745. The number of amides is 1. The summed E-state index contributed by atoms with van der Waals surface area (Å²) in [7, 11) is 1.26. The molecule has 1 amide bonds. The van der Waals surface area contributed by atoms with Gasteiger partial charge in [0, 0.05) is 5.02 Å². The van der Waals surface area contributed by atoms with Crippen LogP contribution in [-0.2, 0) is 14.3 Å². The fourth-order valence-corrected chi connectivity index (χ4v) is 1.54. The number of carbonyl (C=O) groups excluding carboxylic acids is 2. The Morgan fingerprint density at radius 3 is 2.58 bits per heavy atom. The third-order valence-electron chi connectivity index (χ3n) is 2.39. The van der Waals surface area contributed by atoms with Gasteiger partial charge in [0.15, 0.2) is 6.10 Å². The Kier molecular flexibility index (Phi) is 5.63. The third kappa shape index (κ3) is 4.79. The Morgan fingerprint density at radius 2 is 2.00 bits per heavy atom. The first kappa shape index (κ1) is 15.3. The van der Waals surface area contributed by atoms with Crippen LogP contribution in [0.1, 0.15) is 13.8 Å². The van der Waals surface area contributed by atoms with E-state index in [1.54, 1.807) is 31.2 Å². The predicted octanol–water partition coefficient (Wildman–Crippen LogP) is 1.78. The van der Waals surface area contributed by atoms with Crippen LogP contribution >= 0.6 is 11.6 Å². The van der Waals surface area contributed by atoms with Crippen LogP contribution in [0, 0.1) is 0 Å². The molecule has 1 aromatic rings. The van der Waals surface area contributed by atoms with Crippen LogP contribution in [0.3, 0.4) is 0 Å². The highest BCUT2D eigenvalue weighted by Crippen LogP contribution is 2.18. The van der Waals surface area contributed by atoms with Crippen LogP contribution in [0.4, 0.5) is 0 Å². The van der Waals surface area contributed by atoms with E-state index in [1.807, 2.05) is 0 Å². The van der Waals surface area contributed by atoms with Crippen molar-refractivity contribution in [3.05, 3.63) is 29.3 Å². The molecule has 0 spiro atoms. The number of ether oxygens (including phenoxy) is 2. The van der Waals surface area contributed by atoms with Crippen molar-refractivity contribution < 1.29 is 19.1 Å². The maximum Gasteiger partial charge on any atom is 0.328 e. The summed E-state index contributed by atoms with van der Waals surface area (Å²) in [6.07, 6.45) is -0.745. The highest BCUT2D eigenvalue weighted by atomic mass is 35.5. The van der Waals surface area contributed by atoms with Crippen LogP contribution in [-0.4, -0.2) is 31.1 Å². The number of esters is 1. The molecule has 0 aliphatic carbocycles.